The molecule has 1 amide bonds. The minimum Gasteiger partial charge on any atom is -0.352 e. The summed E-state index contributed by atoms with van der Waals surface area (Å²) >= 11 is 0. The Hall–Kier alpha value is -1.15. The zero-order chi connectivity index (χ0) is 18.7. The first-order valence-electron chi connectivity index (χ1n) is 9.52. The number of nitrogens with one attached hydrogen (secondary N) is 2. The smallest absolute Gasteiger partial charge is 0.240 e. The molecule has 2 aliphatic carbocycles. The van der Waals surface area contributed by atoms with Crippen molar-refractivity contribution in [3.05, 3.63) is 29.8 Å². The summed E-state index contributed by atoms with van der Waals surface area (Å²) in [5.41, 5.74) is 7.19. The summed E-state index contributed by atoms with van der Waals surface area (Å²) in [6.07, 6.45) is 5.30. The van der Waals surface area contributed by atoms with E-state index in [1.54, 1.807) is 31.2 Å². The maximum atomic E-state index is 12.6. The van der Waals surface area contributed by atoms with E-state index in [4.69, 9.17) is 5.73 Å². The van der Waals surface area contributed by atoms with E-state index in [-0.39, 0.29) is 35.2 Å². The maximum absolute atomic E-state index is 12.6. The van der Waals surface area contributed by atoms with Crippen LogP contribution in [0.5, 0.6) is 0 Å². The predicted molar refractivity (Wildman–Crippen MR) is 108 cm³/mol. The number of benzene rings is 1. The SMILES string of the molecule is CCNS(=O)(=O)c1ccc(CNC(=O)C2CC3CCCC(C2)C3N)cc1.Cl. The third kappa shape index (κ3) is 5.22. The fourth-order valence-electron chi connectivity index (χ4n) is 4.40. The van der Waals surface area contributed by atoms with E-state index in [0.717, 1.165) is 31.2 Å². The van der Waals surface area contributed by atoms with E-state index in [9.17, 15) is 13.2 Å². The molecule has 0 aromatic heterocycles. The van der Waals surface area contributed by atoms with Crippen LogP contribution in [0.3, 0.4) is 0 Å². The van der Waals surface area contributed by atoms with Gasteiger partial charge in [-0.3, -0.25) is 4.79 Å². The third-order valence-corrected chi connectivity index (χ3v) is 7.38. The normalized spacial score (nSPS) is 27.5. The van der Waals surface area contributed by atoms with Gasteiger partial charge in [-0.05, 0) is 55.2 Å². The molecule has 2 atom stereocenters. The Kier molecular flexibility index (Phi) is 7.68. The van der Waals surface area contributed by atoms with Crippen LogP contribution in [0, 0.1) is 17.8 Å². The van der Waals surface area contributed by atoms with Crippen molar-refractivity contribution < 1.29 is 13.2 Å². The number of nitrogens with two attached hydrogens (primary N) is 1. The van der Waals surface area contributed by atoms with Crippen molar-refractivity contribution in [2.24, 2.45) is 23.5 Å². The first kappa shape index (κ1) is 22.1. The van der Waals surface area contributed by atoms with Gasteiger partial charge < -0.3 is 11.1 Å². The van der Waals surface area contributed by atoms with Gasteiger partial charge in [-0.15, -0.1) is 12.4 Å². The summed E-state index contributed by atoms with van der Waals surface area (Å²) in [7, 11) is -3.44. The third-order valence-electron chi connectivity index (χ3n) is 5.82. The van der Waals surface area contributed by atoms with Gasteiger partial charge in [0.05, 0.1) is 4.90 Å². The predicted octanol–water partition coefficient (Wildman–Crippen LogP) is 2.18. The van der Waals surface area contributed by atoms with Crippen LogP contribution in [0.25, 0.3) is 0 Å². The number of hydrogen-bond donors (Lipinski definition) is 3. The number of fused-ring (bicyclic) bond motifs is 2. The number of rotatable bonds is 6. The number of carbonyl (C=O) groups is 1. The monoisotopic (exact) mass is 415 g/mol. The number of sulfonamides is 1. The van der Waals surface area contributed by atoms with Gasteiger partial charge in [-0.2, -0.15) is 0 Å². The van der Waals surface area contributed by atoms with E-state index < -0.39 is 10.0 Å². The van der Waals surface area contributed by atoms with Crippen LogP contribution in [0.2, 0.25) is 0 Å². The van der Waals surface area contributed by atoms with Gasteiger partial charge in [0, 0.05) is 25.0 Å². The van der Waals surface area contributed by atoms with Crippen molar-refractivity contribution >= 4 is 28.3 Å². The maximum Gasteiger partial charge on any atom is 0.240 e. The molecule has 0 aliphatic heterocycles. The highest BCUT2D eigenvalue weighted by molar-refractivity contribution is 7.89. The standard InChI is InChI=1S/C19H29N3O3S.ClH/c1-2-22-26(24,25)17-8-6-13(7-9-17)12-21-19(23)16-10-14-4-3-5-15(11-16)18(14)20;/h6-9,14-16,18,22H,2-5,10-12,20H2,1H3,(H,21,23);1H. The molecule has 2 saturated carbocycles. The average molecular weight is 416 g/mol. The van der Waals surface area contributed by atoms with Crippen LogP contribution < -0.4 is 15.8 Å². The molecule has 1 aromatic rings. The lowest BCUT2D eigenvalue weighted by atomic mass is 9.65. The first-order valence-corrected chi connectivity index (χ1v) is 11.0. The molecule has 3 rings (SSSR count). The van der Waals surface area contributed by atoms with Gasteiger partial charge in [0.25, 0.3) is 0 Å². The molecule has 2 fully saturated rings. The molecule has 1 aromatic carbocycles. The fourth-order valence-corrected chi connectivity index (χ4v) is 5.44. The molecule has 6 nitrogen and oxygen atoms in total. The van der Waals surface area contributed by atoms with E-state index in [1.807, 2.05) is 0 Å². The van der Waals surface area contributed by atoms with Gasteiger partial charge in [0.2, 0.25) is 15.9 Å². The van der Waals surface area contributed by atoms with Crippen LogP contribution in [0.1, 0.15) is 44.6 Å². The number of hydrogen-bond acceptors (Lipinski definition) is 4. The van der Waals surface area contributed by atoms with E-state index in [2.05, 4.69) is 10.0 Å². The summed E-state index contributed by atoms with van der Waals surface area (Å²) in [6.45, 7) is 2.51. The molecule has 4 N–H and O–H groups in total. The Labute approximate surface area is 168 Å². The molecule has 0 radical (unpaired) electrons. The second-order valence-corrected chi connectivity index (χ2v) is 9.33. The van der Waals surface area contributed by atoms with Crippen molar-refractivity contribution in [2.75, 3.05) is 6.54 Å². The van der Waals surface area contributed by atoms with E-state index in [1.165, 1.54) is 6.42 Å². The summed E-state index contributed by atoms with van der Waals surface area (Å²) < 4.78 is 26.4. The Balaban J connectivity index is 0.00000261. The van der Waals surface area contributed by atoms with Crippen LogP contribution in [-0.4, -0.2) is 26.9 Å². The van der Waals surface area contributed by atoms with Crippen LogP contribution in [0.4, 0.5) is 0 Å². The number of amides is 1. The summed E-state index contributed by atoms with van der Waals surface area (Å²) in [6, 6.07) is 6.90. The Bertz CT molecular complexity index is 725. The van der Waals surface area contributed by atoms with Gasteiger partial charge >= 0.3 is 0 Å². The lowest BCUT2D eigenvalue weighted by Gasteiger charge is -2.43. The van der Waals surface area contributed by atoms with Gasteiger partial charge in [0.1, 0.15) is 0 Å². The van der Waals surface area contributed by atoms with Crippen molar-refractivity contribution in [1.29, 1.82) is 0 Å². The molecule has 0 saturated heterocycles. The Morgan fingerprint density at radius 3 is 2.30 bits per heavy atom. The second kappa shape index (κ2) is 9.37. The minimum absolute atomic E-state index is 0. The average Bonchev–Trinajstić information content (AvgIpc) is 2.60. The molecule has 8 heteroatoms. The van der Waals surface area contributed by atoms with Crippen LogP contribution >= 0.6 is 12.4 Å². The van der Waals surface area contributed by atoms with E-state index >= 15 is 0 Å². The molecule has 2 unspecified atom stereocenters. The molecular weight excluding hydrogens is 386 g/mol. The molecule has 152 valence electrons. The van der Waals surface area contributed by atoms with Crippen molar-refractivity contribution in [2.45, 2.75) is 56.5 Å². The van der Waals surface area contributed by atoms with E-state index in [0.29, 0.717) is 24.9 Å². The van der Waals surface area contributed by atoms with Gasteiger partial charge in [-0.25, -0.2) is 13.1 Å². The van der Waals surface area contributed by atoms with Crippen LogP contribution in [-0.2, 0) is 21.4 Å². The lowest BCUT2D eigenvalue weighted by Crippen LogP contribution is -2.49. The molecule has 2 bridgehead atoms. The largest absolute Gasteiger partial charge is 0.352 e. The van der Waals surface area contributed by atoms with Gasteiger partial charge in [-0.1, -0.05) is 25.5 Å². The van der Waals surface area contributed by atoms with Gasteiger partial charge in [0.15, 0.2) is 0 Å². The second-order valence-electron chi connectivity index (χ2n) is 7.56. The zero-order valence-corrected chi connectivity index (χ0v) is 17.3. The first-order chi connectivity index (χ1) is 12.4. The minimum atomic E-state index is -3.44. The highest BCUT2D eigenvalue weighted by atomic mass is 35.5. The summed E-state index contributed by atoms with van der Waals surface area (Å²) in [4.78, 5) is 12.8. The Morgan fingerprint density at radius 1 is 1.15 bits per heavy atom. The highest BCUT2D eigenvalue weighted by Gasteiger charge is 2.40. The van der Waals surface area contributed by atoms with Crippen molar-refractivity contribution in [3.8, 4) is 0 Å². The lowest BCUT2D eigenvalue weighted by molar-refractivity contribution is -0.128. The summed E-state index contributed by atoms with van der Waals surface area (Å²) in [5.74, 6) is 1.11. The quantitative estimate of drug-likeness (QED) is 0.662. The highest BCUT2D eigenvalue weighted by Crippen LogP contribution is 2.41. The van der Waals surface area contributed by atoms with Crippen molar-refractivity contribution in [3.63, 3.8) is 0 Å². The Morgan fingerprint density at radius 2 is 1.74 bits per heavy atom. The number of halogens is 1. The zero-order valence-electron chi connectivity index (χ0n) is 15.7. The summed E-state index contributed by atoms with van der Waals surface area (Å²) in [5, 5.41) is 3.01. The molecule has 0 spiro atoms. The molecule has 2 aliphatic rings. The fraction of sp³-hybridized carbons (Fsp3) is 0.632. The number of carbonyl (C=O) groups excluding carboxylic acids is 1. The van der Waals surface area contributed by atoms with Crippen LogP contribution in [0.15, 0.2) is 29.2 Å². The molecular formula is C19H30ClN3O3S. The molecule has 0 heterocycles. The molecule has 27 heavy (non-hydrogen) atoms. The van der Waals surface area contributed by atoms with Crippen molar-refractivity contribution in [1.82, 2.24) is 10.0 Å². The topological polar surface area (TPSA) is 101 Å².